The first-order valence-corrected chi connectivity index (χ1v) is 9.57. The zero-order valence-corrected chi connectivity index (χ0v) is 16.0. The number of hydrogen-bond acceptors (Lipinski definition) is 7. The first-order valence-electron chi connectivity index (χ1n) is 9.57. The van der Waals surface area contributed by atoms with E-state index in [-0.39, 0.29) is 12.6 Å². The molecular formula is C21H21FN6O. The summed E-state index contributed by atoms with van der Waals surface area (Å²) in [4.78, 5) is 15.3. The Morgan fingerprint density at radius 3 is 2.83 bits per heavy atom. The Morgan fingerprint density at radius 1 is 1.21 bits per heavy atom. The molecule has 0 spiro atoms. The van der Waals surface area contributed by atoms with Crippen LogP contribution in [-0.2, 0) is 6.42 Å². The van der Waals surface area contributed by atoms with Gasteiger partial charge in [-0.3, -0.25) is 4.98 Å². The summed E-state index contributed by atoms with van der Waals surface area (Å²) in [6.45, 7) is 0.607. The zero-order chi connectivity index (χ0) is 20.0. The normalized spacial score (nSPS) is 19.8. The maximum atomic E-state index is 14.2. The Bertz CT molecular complexity index is 1050. The van der Waals surface area contributed by atoms with Gasteiger partial charge in [-0.25, -0.2) is 4.39 Å². The molecule has 0 amide bonds. The number of fused-ring (bicyclic) bond motifs is 3. The second-order valence-corrected chi connectivity index (χ2v) is 7.29. The summed E-state index contributed by atoms with van der Waals surface area (Å²) < 4.78 is 20.1. The first kappa shape index (κ1) is 17.8. The molecule has 1 unspecified atom stereocenters. The van der Waals surface area contributed by atoms with Crippen LogP contribution in [0.15, 0.2) is 42.7 Å². The van der Waals surface area contributed by atoms with Crippen LogP contribution in [0.2, 0.25) is 0 Å². The van der Waals surface area contributed by atoms with Gasteiger partial charge in [-0.05, 0) is 29.3 Å². The van der Waals surface area contributed by atoms with Gasteiger partial charge in [0.05, 0.1) is 24.5 Å². The summed E-state index contributed by atoms with van der Waals surface area (Å²) in [5.74, 6) is 1.21. The van der Waals surface area contributed by atoms with Crippen LogP contribution in [0.4, 0.5) is 15.9 Å². The quantitative estimate of drug-likeness (QED) is 0.552. The van der Waals surface area contributed by atoms with Crippen LogP contribution in [0, 0.1) is 0 Å². The summed E-state index contributed by atoms with van der Waals surface area (Å²) >= 11 is 0. The molecule has 3 heterocycles. The SMILES string of the molecule is CNc1cccc2c1Cc1nc(Oc3cccnc3)nc(N3CC(F)[C@H](N)C3)c1-2. The second kappa shape index (κ2) is 6.97. The fraction of sp³-hybridized carbons (Fsp3) is 0.286. The van der Waals surface area contributed by atoms with Gasteiger partial charge in [-0.15, -0.1) is 0 Å². The molecule has 0 radical (unpaired) electrons. The van der Waals surface area contributed by atoms with Crippen molar-refractivity contribution in [3.05, 3.63) is 54.0 Å². The van der Waals surface area contributed by atoms with E-state index in [0.717, 1.165) is 28.1 Å². The van der Waals surface area contributed by atoms with Crippen molar-refractivity contribution in [2.75, 3.05) is 30.4 Å². The van der Waals surface area contributed by atoms with E-state index in [9.17, 15) is 4.39 Å². The molecular weight excluding hydrogens is 371 g/mol. The van der Waals surface area contributed by atoms with E-state index in [2.05, 4.69) is 26.3 Å². The molecule has 1 aromatic carbocycles. The lowest BCUT2D eigenvalue weighted by molar-refractivity contribution is 0.333. The third-order valence-electron chi connectivity index (χ3n) is 5.44. The average Bonchev–Trinajstić information content (AvgIpc) is 3.27. The molecule has 8 heteroatoms. The van der Waals surface area contributed by atoms with Crippen LogP contribution in [0.3, 0.4) is 0 Å². The molecule has 1 fully saturated rings. The number of anilines is 2. The smallest absolute Gasteiger partial charge is 0.324 e. The fourth-order valence-electron chi connectivity index (χ4n) is 4.04. The van der Waals surface area contributed by atoms with Crippen LogP contribution in [-0.4, -0.2) is 47.3 Å². The number of nitrogens with one attached hydrogen (secondary N) is 1. The van der Waals surface area contributed by atoms with E-state index >= 15 is 0 Å². The Labute approximate surface area is 167 Å². The van der Waals surface area contributed by atoms with Crippen LogP contribution in [0.1, 0.15) is 11.3 Å². The highest BCUT2D eigenvalue weighted by molar-refractivity contribution is 5.88. The molecule has 7 nitrogen and oxygen atoms in total. The molecule has 1 saturated heterocycles. The molecule has 1 aliphatic heterocycles. The number of aromatic nitrogens is 3. The van der Waals surface area contributed by atoms with Gasteiger partial charge in [0, 0.05) is 37.5 Å². The maximum absolute atomic E-state index is 14.2. The van der Waals surface area contributed by atoms with Crippen molar-refractivity contribution in [2.24, 2.45) is 5.73 Å². The monoisotopic (exact) mass is 392 g/mol. The average molecular weight is 392 g/mol. The number of halogens is 1. The van der Waals surface area contributed by atoms with Crippen molar-refractivity contribution in [3.8, 4) is 22.9 Å². The minimum absolute atomic E-state index is 0.206. The van der Waals surface area contributed by atoms with E-state index in [4.69, 9.17) is 10.5 Å². The van der Waals surface area contributed by atoms with Crippen molar-refractivity contribution in [2.45, 2.75) is 18.6 Å². The van der Waals surface area contributed by atoms with Crippen LogP contribution in [0.25, 0.3) is 11.1 Å². The summed E-state index contributed by atoms with van der Waals surface area (Å²) in [5.41, 5.74) is 11.0. The van der Waals surface area contributed by atoms with Gasteiger partial charge in [-0.2, -0.15) is 9.97 Å². The zero-order valence-electron chi connectivity index (χ0n) is 16.0. The van der Waals surface area contributed by atoms with Crippen LogP contribution >= 0.6 is 0 Å². The molecule has 2 atom stereocenters. The molecule has 5 rings (SSSR count). The van der Waals surface area contributed by atoms with Crippen molar-refractivity contribution in [1.29, 1.82) is 0 Å². The lowest BCUT2D eigenvalue weighted by Gasteiger charge is -2.21. The number of pyridine rings is 1. The number of benzene rings is 1. The molecule has 0 bridgehead atoms. The van der Waals surface area contributed by atoms with E-state index in [1.165, 1.54) is 0 Å². The Kier molecular flexibility index (Phi) is 4.28. The molecule has 29 heavy (non-hydrogen) atoms. The maximum Gasteiger partial charge on any atom is 0.324 e. The summed E-state index contributed by atoms with van der Waals surface area (Å²) in [6.07, 6.45) is 2.84. The highest BCUT2D eigenvalue weighted by Gasteiger charge is 2.36. The number of alkyl halides is 1. The van der Waals surface area contributed by atoms with Gasteiger partial charge in [0.15, 0.2) is 0 Å². The van der Waals surface area contributed by atoms with Gasteiger partial charge in [-0.1, -0.05) is 12.1 Å². The van der Waals surface area contributed by atoms with Crippen LogP contribution in [0.5, 0.6) is 11.8 Å². The van der Waals surface area contributed by atoms with Gasteiger partial charge in [0.1, 0.15) is 17.7 Å². The van der Waals surface area contributed by atoms with Gasteiger partial charge in [0.2, 0.25) is 0 Å². The lowest BCUT2D eigenvalue weighted by Crippen LogP contribution is -2.30. The van der Waals surface area contributed by atoms with Gasteiger partial charge < -0.3 is 20.7 Å². The van der Waals surface area contributed by atoms with Gasteiger partial charge in [0.25, 0.3) is 0 Å². The topological polar surface area (TPSA) is 89.2 Å². The highest BCUT2D eigenvalue weighted by atomic mass is 19.1. The molecule has 3 N–H and O–H groups in total. The first-order chi connectivity index (χ1) is 14.1. The van der Waals surface area contributed by atoms with Crippen molar-refractivity contribution >= 4 is 11.5 Å². The lowest BCUT2D eigenvalue weighted by atomic mass is 10.1. The Morgan fingerprint density at radius 2 is 2.10 bits per heavy atom. The second-order valence-electron chi connectivity index (χ2n) is 7.29. The third-order valence-corrected chi connectivity index (χ3v) is 5.44. The van der Waals surface area contributed by atoms with Crippen LogP contribution < -0.4 is 20.7 Å². The van der Waals surface area contributed by atoms with E-state index in [0.29, 0.717) is 24.5 Å². The Hall–Kier alpha value is -3.26. The highest BCUT2D eigenvalue weighted by Crippen LogP contribution is 2.45. The molecule has 0 saturated carbocycles. The number of rotatable bonds is 4. The summed E-state index contributed by atoms with van der Waals surface area (Å²) in [6, 6.07) is 9.35. The predicted octanol–water partition coefficient (Wildman–Crippen LogP) is 2.76. The number of nitrogens with zero attached hydrogens (tertiary/aromatic N) is 4. The standard InChI is InChI=1S/C21H21FN6O/c1-24-17-6-2-5-13-14(17)8-18-19(13)20(28-10-15(22)16(23)11-28)27-21(26-18)29-12-4-3-7-25-9-12/h2-7,9,15-16,24H,8,10-11,23H2,1H3/t15?,16-/m1/s1. The van der Waals surface area contributed by atoms with Gasteiger partial charge >= 0.3 is 6.01 Å². The third kappa shape index (κ3) is 3.05. The largest absolute Gasteiger partial charge is 0.423 e. The molecule has 2 aliphatic rings. The van der Waals surface area contributed by atoms with Crippen molar-refractivity contribution in [1.82, 2.24) is 15.0 Å². The molecule has 148 valence electrons. The molecule has 3 aromatic rings. The van der Waals surface area contributed by atoms with E-state index in [1.807, 2.05) is 24.1 Å². The van der Waals surface area contributed by atoms with Crippen molar-refractivity contribution in [3.63, 3.8) is 0 Å². The van der Waals surface area contributed by atoms with E-state index in [1.54, 1.807) is 24.5 Å². The minimum atomic E-state index is -1.09. The minimum Gasteiger partial charge on any atom is -0.423 e. The number of ether oxygens (including phenoxy) is 1. The fourth-order valence-corrected chi connectivity index (χ4v) is 4.04. The van der Waals surface area contributed by atoms with E-state index < -0.39 is 12.2 Å². The number of hydrogen-bond donors (Lipinski definition) is 2. The predicted molar refractivity (Wildman–Crippen MR) is 109 cm³/mol. The molecule has 2 aromatic heterocycles. The molecule has 1 aliphatic carbocycles. The Balaban J connectivity index is 1.63. The summed E-state index contributed by atoms with van der Waals surface area (Å²) in [5, 5.41) is 3.24. The number of nitrogens with two attached hydrogens (primary N) is 1. The van der Waals surface area contributed by atoms with Crippen molar-refractivity contribution < 1.29 is 9.13 Å². The summed E-state index contributed by atoms with van der Waals surface area (Å²) in [7, 11) is 1.90.